The lowest BCUT2D eigenvalue weighted by Crippen LogP contribution is -2.30. The number of pyridine rings is 1. The molecule has 6 aromatic rings. The Balaban J connectivity index is 0.000000486. The Bertz CT molecular complexity index is 2380. The number of aromatic nitrogens is 9. The van der Waals surface area contributed by atoms with Crippen LogP contribution in [0.1, 0.15) is 66.9 Å². The summed E-state index contributed by atoms with van der Waals surface area (Å²) in [7, 11) is 3.21. The quantitative estimate of drug-likeness (QED) is 0.0377. The number of carbonyl (C=O) groups is 4. The van der Waals surface area contributed by atoms with Crippen LogP contribution in [0.4, 0.5) is 11.9 Å². The molecule has 0 saturated heterocycles. The Morgan fingerprint density at radius 3 is 2.11 bits per heavy atom. The van der Waals surface area contributed by atoms with Crippen molar-refractivity contribution in [2.75, 3.05) is 24.8 Å². The lowest BCUT2D eigenvalue weighted by molar-refractivity contribution is 0.0951. The summed E-state index contributed by atoms with van der Waals surface area (Å²) in [6, 6.07) is 8.17. The van der Waals surface area contributed by atoms with E-state index in [9.17, 15) is 19.2 Å². The number of hydrazine groups is 1. The van der Waals surface area contributed by atoms with E-state index in [0.29, 0.717) is 64.1 Å². The summed E-state index contributed by atoms with van der Waals surface area (Å²) in [5.74, 6) is 4.91. The molecular formula is C35H42N14O5. The van der Waals surface area contributed by atoms with Gasteiger partial charge in [0.25, 0.3) is 11.8 Å². The zero-order chi connectivity index (χ0) is 39.1. The van der Waals surface area contributed by atoms with Crippen LogP contribution >= 0.6 is 0 Å². The van der Waals surface area contributed by atoms with Crippen LogP contribution in [-0.4, -0.2) is 81.8 Å². The second kappa shape index (κ2) is 16.6. The molecule has 0 bridgehead atoms. The van der Waals surface area contributed by atoms with E-state index in [1.54, 1.807) is 45.2 Å². The molecule has 0 spiro atoms. The number of amides is 3. The summed E-state index contributed by atoms with van der Waals surface area (Å²) in [5, 5.41) is 14.4. The number of nitrogens with two attached hydrogens (primary N) is 2. The minimum atomic E-state index is -0.634. The van der Waals surface area contributed by atoms with Gasteiger partial charge in [0.1, 0.15) is 28.2 Å². The van der Waals surface area contributed by atoms with Crippen LogP contribution in [-0.2, 0) is 26.2 Å². The Hall–Kier alpha value is -6.89. The summed E-state index contributed by atoms with van der Waals surface area (Å²) in [6.07, 6.45) is 6.04. The number of rotatable bonds is 13. The summed E-state index contributed by atoms with van der Waals surface area (Å²) in [5.41, 5.74) is 12.8. The van der Waals surface area contributed by atoms with E-state index in [4.69, 9.17) is 16.3 Å². The molecule has 0 fully saturated rings. The number of primary amides is 1. The van der Waals surface area contributed by atoms with Crippen LogP contribution in [0, 0.1) is 13.8 Å². The van der Waals surface area contributed by atoms with Gasteiger partial charge in [-0.15, -0.1) is 0 Å². The van der Waals surface area contributed by atoms with Crippen molar-refractivity contribution in [3.8, 4) is 5.75 Å². The molecule has 0 atom stereocenters. The first-order valence-corrected chi connectivity index (χ1v) is 16.9. The lowest BCUT2D eigenvalue weighted by Gasteiger charge is -2.11. The van der Waals surface area contributed by atoms with Gasteiger partial charge in [0.05, 0.1) is 29.6 Å². The highest BCUT2D eigenvalue weighted by Gasteiger charge is 2.21. The molecule has 282 valence electrons. The van der Waals surface area contributed by atoms with Crippen molar-refractivity contribution in [1.82, 2.24) is 49.1 Å². The number of nitrogen functional groups attached to an aromatic ring is 1. The van der Waals surface area contributed by atoms with Crippen molar-refractivity contribution < 1.29 is 23.9 Å². The number of imidazole rings is 2. The molecule has 3 amide bonds. The number of hydrogen-bond donors (Lipinski definition) is 5. The average Bonchev–Trinajstić information content (AvgIpc) is 3.94. The highest BCUT2D eigenvalue weighted by Crippen LogP contribution is 2.31. The standard InChI is InChI=1S/C28H32N12O4.C7H10N2O/c1-5-40-20(10-15(2)37-40)26(43)35-28-33-18-11-16(23(29)41)13-21(44-4)22(18)38(28)8-6-7-9-39-24-19(34-27(39)31-3)12-17(14-32-24)25(42)36-30;1-3-9-7(5-10)4-6(2)8-9/h6-7,10-14H,5,8-9,30H2,1-4H3,(H2,29,41)(H,31,34)(H,36,42)(H,33,35,43);4-5H,3H2,1-2H3/b7-6+;. The molecule has 5 aromatic heterocycles. The number of allylic oxidation sites excluding steroid dienone is 2. The number of nitrogens with one attached hydrogen (secondary N) is 3. The van der Waals surface area contributed by atoms with Crippen molar-refractivity contribution in [2.45, 2.75) is 53.9 Å². The van der Waals surface area contributed by atoms with E-state index in [2.05, 4.69) is 41.2 Å². The van der Waals surface area contributed by atoms with Gasteiger partial charge in [-0.05, 0) is 58.0 Å². The van der Waals surface area contributed by atoms with Crippen molar-refractivity contribution in [3.63, 3.8) is 0 Å². The van der Waals surface area contributed by atoms with Gasteiger partial charge < -0.3 is 20.4 Å². The predicted molar refractivity (Wildman–Crippen MR) is 201 cm³/mol. The summed E-state index contributed by atoms with van der Waals surface area (Å²) < 4.78 is 12.5. The number of ether oxygens (including phenoxy) is 1. The van der Waals surface area contributed by atoms with Gasteiger partial charge in [0.15, 0.2) is 11.9 Å². The highest BCUT2D eigenvalue weighted by atomic mass is 16.5. The van der Waals surface area contributed by atoms with Gasteiger partial charge in [-0.25, -0.2) is 20.8 Å². The molecule has 0 radical (unpaired) electrons. The minimum absolute atomic E-state index is 0.221. The monoisotopic (exact) mass is 738 g/mol. The fraction of sp³-hybridized carbons (Fsp3) is 0.286. The topological polar surface area (TPSA) is 250 Å². The van der Waals surface area contributed by atoms with E-state index in [0.717, 1.165) is 18.5 Å². The Labute approximate surface area is 309 Å². The second-order valence-electron chi connectivity index (χ2n) is 11.8. The first-order chi connectivity index (χ1) is 26.0. The number of fused-ring (bicyclic) bond motifs is 2. The fourth-order valence-electron chi connectivity index (χ4n) is 5.79. The van der Waals surface area contributed by atoms with Crippen molar-refractivity contribution in [1.29, 1.82) is 0 Å². The van der Waals surface area contributed by atoms with E-state index in [1.807, 2.05) is 44.4 Å². The number of hydrogen-bond acceptors (Lipinski definition) is 12. The third-order valence-electron chi connectivity index (χ3n) is 8.27. The Morgan fingerprint density at radius 1 is 0.852 bits per heavy atom. The molecule has 19 nitrogen and oxygen atoms in total. The number of carbonyl (C=O) groups excluding carboxylic acids is 4. The molecule has 1 aromatic carbocycles. The van der Waals surface area contributed by atoms with Crippen LogP contribution in [0.2, 0.25) is 0 Å². The van der Waals surface area contributed by atoms with Crippen LogP contribution in [0.5, 0.6) is 5.75 Å². The predicted octanol–water partition coefficient (Wildman–Crippen LogP) is 2.59. The zero-order valence-electron chi connectivity index (χ0n) is 30.7. The summed E-state index contributed by atoms with van der Waals surface area (Å²) in [4.78, 5) is 61.1. The third kappa shape index (κ3) is 7.94. The fourth-order valence-corrected chi connectivity index (χ4v) is 5.79. The average molecular weight is 739 g/mol. The first kappa shape index (κ1) is 38.3. The molecule has 54 heavy (non-hydrogen) atoms. The molecule has 0 saturated carbocycles. The number of aryl methyl sites for hydroxylation is 4. The largest absolute Gasteiger partial charge is 0.494 e. The van der Waals surface area contributed by atoms with E-state index >= 15 is 0 Å². The molecule has 0 unspecified atom stereocenters. The van der Waals surface area contributed by atoms with Gasteiger partial charge in [-0.1, -0.05) is 12.2 Å². The maximum Gasteiger partial charge on any atom is 0.276 e. The van der Waals surface area contributed by atoms with Crippen LogP contribution in [0.3, 0.4) is 0 Å². The molecule has 0 aliphatic rings. The number of methoxy groups -OCH3 is 1. The Morgan fingerprint density at radius 2 is 1.50 bits per heavy atom. The van der Waals surface area contributed by atoms with Crippen molar-refractivity contribution >= 4 is 58.1 Å². The summed E-state index contributed by atoms with van der Waals surface area (Å²) in [6.45, 7) is 9.47. The third-order valence-corrected chi connectivity index (χ3v) is 8.27. The second-order valence-corrected chi connectivity index (χ2v) is 11.8. The minimum Gasteiger partial charge on any atom is -0.494 e. The van der Waals surface area contributed by atoms with E-state index in [1.165, 1.54) is 19.4 Å². The van der Waals surface area contributed by atoms with Gasteiger partial charge >= 0.3 is 0 Å². The molecule has 5 heterocycles. The first-order valence-electron chi connectivity index (χ1n) is 16.9. The normalized spacial score (nSPS) is 11.1. The van der Waals surface area contributed by atoms with Gasteiger partial charge in [-0.2, -0.15) is 10.2 Å². The van der Waals surface area contributed by atoms with Crippen molar-refractivity contribution in [3.05, 3.63) is 82.6 Å². The molecule has 0 aliphatic carbocycles. The van der Waals surface area contributed by atoms with E-state index < -0.39 is 11.8 Å². The molecule has 19 heteroatoms. The lowest BCUT2D eigenvalue weighted by atomic mass is 10.1. The molecule has 6 rings (SSSR count). The summed E-state index contributed by atoms with van der Waals surface area (Å²) >= 11 is 0. The van der Waals surface area contributed by atoms with E-state index in [-0.39, 0.29) is 29.5 Å². The van der Waals surface area contributed by atoms with Crippen molar-refractivity contribution in [2.24, 2.45) is 11.6 Å². The number of nitrogens with zero attached hydrogens (tertiary/aromatic N) is 9. The van der Waals surface area contributed by atoms with Crippen LogP contribution in [0.25, 0.3) is 22.2 Å². The SMILES string of the molecule is CCn1nc(C)cc1C(=O)Nc1nc2cc(C(N)=O)cc(OC)c2n1C/C=C/Cn1c(NC)nc2cc(C(=O)NN)cnc21.CCn1nc(C)cc1C=O. The highest BCUT2D eigenvalue weighted by molar-refractivity contribution is 6.04. The van der Waals surface area contributed by atoms with Gasteiger partial charge in [0.2, 0.25) is 17.8 Å². The maximum atomic E-state index is 13.3. The molecular weight excluding hydrogens is 696 g/mol. The van der Waals surface area contributed by atoms with Gasteiger partial charge in [-0.3, -0.25) is 43.9 Å². The molecule has 0 aliphatic heterocycles. The van der Waals surface area contributed by atoms with Crippen LogP contribution in [0.15, 0.2) is 48.7 Å². The number of anilines is 2. The Kier molecular flexibility index (Phi) is 11.8. The van der Waals surface area contributed by atoms with Gasteiger partial charge in [0, 0.05) is 45.0 Å². The van der Waals surface area contributed by atoms with Crippen LogP contribution < -0.4 is 32.4 Å². The number of aldehydes is 1. The zero-order valence-corrected chi connectivity index (χ0v) is 30.7. The number of benzene rings is 1. The smallest absolute Gasteiger partial charge is 0.276 e. The maximum absolute atomic E-state index is 13.3. The molecule has 7 N–H and O–H groups in total.